The second-order valence-corrected chi connectivity index (χ2v) is 5.30. The van der Waals surface area contributed by atoms with Gasteiger partial charge in [-0.3, -0.25) is 5.41 Å². The highest BCUT2D eigenvalue weighted by molar-refractivity contribution is 6.07. The summed E-state index contributed by atoms with van der Waals surface area (Å²) in [7, 11) is 1.53. The summed E-state index contributed by atoms with van der Waals surface area (Å²) in [6.07, 6.45) is 3.51. The van der Waals surface area contributed by atoms with E-state index in [0.29, 0.717) is 23.0 Å². The number of H-pyrrole nitrogens is 1. The van der Waals surface area contributed by atoms with Crippen molar-refractivity contribution in [2.45, 2.75) is 0 Å². The number of nitrogens with zero attached hydrogens (tertiary/aromatic N) is 2. The maximum atomic E-state index is 8.28. The number of aromatic nitrogens is 2. The van der Waals surface area contributed by atoms with Crippen LogP contribution in [0.15, 0.2) is 72.4 Å². The van der Waals surface area contributed by atoms with Gasteiger partial charge >= 0.3 is 0 Å². The normalized spacial score (nSPS) is 11.0. The minimum atomic E-state index is -0.0374. The summed E-state index contributed by atoms with van der Waals surface area (Å²) in [6, 6.07) is 16.3. The molecule has 0 aliphatic carbocycles. The molecule has 0 atom stereocenters. The van der Waals surface area contributed by atoms with Crippen LogP contribution >= 0.6 is 0 Å². The zero-order valence-corrected chi connectivity index (χ0v) is 14.3. The molecule has 3 rings (SSSR count). The Bertz CT molecular complexity index is 945. The molecule has 0 spiro atoms. The van der Waals surface area contributed by atoms with Crippen LogP contribution < -0.4 is 9.47 Å². The van der Waals surface area contributed by atoms with Gasteiger partial charge in [0.1, 0.15) is 17.1 Å². The number of hydrogen-bond donors (Lipinski definition) is 2. The highest BCUT2D eigenvalue weighted by atomic mass is 16.5. The summed E-state index contributed by atoms with van der Waals surface area (Å²) >= 11 is 0. The fraction of sp³-hybridized carbons (Fsp3) is 0.0500. The number of para-hydroxylation sites is 1. The number of methoxy groups -OCH3 is 1. The molecule has 0 aliphatic heterocycles. The molecule has 0 bridgehead atoms. The maximum Gasteiger partial charge on any atom is 0.245 e. The van der Waals surface area contributed by atoms with Crippen LogP contribution in [0.1, 0.15) is 17.0 Å². The van der Waals surface area contributed by atoms with E-state index in [1.54, 1.807) is 30.5 Å². The number of rotatable bonds is 5. The largest absolute Gasteiger partial charge is 0.481 e. The molecule has 2 N–H and O–H groups in total. The topological polar surface area (TPSA) is 83.4 Å². The van der Waals surface area contributed by atoms with E-state index < -0.39 is 0 Å². The highest BCUT2D eigenvalue weighted by Crippen LogP contribution is 2.15. The van der Waals surface area contributed by atoms with E-state index in [-0.39, 0.29) is 11.7 Å². The molecular weight excluding hydrogens is 328 g/mol. The summed E-state index contributed by atoms with van der Waals surface area (Å²) in [4.78, 5) is 11.6. The van der Waals surface area contributed by atoms with Crippen molar-refractivity contribution < 1.29 is 9.47 Å². The van der Waals surface area contributed by atoms with Crippen LogP contribution in [-0.4, -0.2) is 28.8 Å². The lowest BCUT2D eigenvalue weighted by Crippen LogP contribution is -2.14. The Morgan fingerprint density at radius 2 is 2.00 bits per heavy atom. The fourth-order valence-corrected chi connectivity index (χ4v) is 2.21. The van der Waals surface area contributed by atoms with Crippen LogP contribution in [0, 0.1) is 5.41 Å². The highest BCUT2D eigenvalue weighted by Gasteiger charge is 2.12. The van der Waals surface area contributed by atoms with E-state index in [1.165, 1.54) is 7.11 Å². The molecule has 6 heteroatoms. The van der Waals surface area contributed by atoms with Crippen molar-refractivity contribution in [3.63, 3.8) is 0 Å². The van der Waals surface area contributed by atoms with Crippen molar-refractivity contribution in [3.8, 4) is 11.6 Å². The molecule has 26 heavy (non-hydrogen) atoms. The van der Waals surface area contributed by atoms with Crippen LogP contribution in [0.25, 0.3) is 6.08 Å². The Labute approximate surface area is 151 Å². The van der Waals surface area contributed by atoms with Gasteiger partial charge in [0.25, 0.3) is 0 Å². The Hall–Kier alpha value is -3.67. The number of amidine groups is 1. The summed E-state index contributed by atoms with van der Waals surface area (Å²) in [6.45, 7) is 3.75. The minimum Gasteiger partial charge on any atom is -0.481 e. The SMILES string of the molecule is C=Cc1c[nH]c(C(=NC(=N)c2cccc(OC)n2)Oc2ccccc2)c1. The summed E-state index contributed by atoms with van der Waals surface area (Å²) in [5.74, 6) is 1.26. The van der Waals surface area contributed by atoms with Gasteiger partial charge in [0.2, 0.25) is 11.8 Å². The number of aromatic amines is 1. The van der Waals surface area contributed by atoms with Gasteiger partial charge < -0.3 is 14.5 Å². The number of nitrogens with one attached hydrogen (secondary N) is 2. The predicted molar refractivity (Wildman–Crippen MR) is 102 cm³/mol. The van der Waals surface area contributed by atoms with Crippen molar-refractivity contribution in [2.75, 3.05) is 7.11 Å². The van der Waals surface area contributed by atoms with Crippen molar-refractivity contribution >= 4 is 17.8 Å². The van der Waals surface area contributed by atoms with E-state index >= 15 is 0 Å². The Balaban J connectivity index is 1.96. The minimum absolute atomic E-state index is 0.0374. The zero-order valence-electron chi connectivity index (χ0n) is 14.3. The quantitative estimate of drug-likeness (QED) is 0.543. The van der Waals surface area contributed by atoms with Gasteiger partial charge in [-0.2, -0.15) is 4.99 Å². The van der Waals surface area contributed by atoms with E-state index in [1.807, 2.05) is 36.4 Å². The average molecular weight is 346 g/mol. The number of benzene rings is 1. The third kappa shape index (κ3) is 4.05. The number of pyridine rings is 1. The predicted octanol–water partition coefficient (Wildman–Crippen LogP) is 3.91. The fourth-order valence-electron chi connectivity index (χ4n) is 2.21. The molecule has 6 nitrogen and oxygen atoms in total. The van der Waals surface area contributed by atoms with E-state index in [2.05, 4.69) is 21.5 Å². The first-order chi connectivity index (χ1) is 12.7. The van der Waals surface area contributed by atoms with Crippen molar-refractivity contribution in [3.05, 3.63) is 84.3 Å². The molecule has 2 heterocycles. The first-order valence-corrected chi connectivity index (χ1v) is 7.92. The molecule has 0 saturated carbocycles. The molecule has 0 amide bonds. The molecule has 130 valence electrons. The third-order valence-electron chi connectivity index (χ3n) is 3.52. The summed E-state index contributed by atoms with van der Waals surface area (Å²) in [5, 5.41) is 8.28. The molecule has 2 aromatic heterocycles. The lowest BCUT2D eigenvalue weighted by molar-refractivity contribution is 0.397. The first kappa shape index (κ1) is 17.2. The lowest BCUT2D eigenvalue weighted by Gasteiger charge is -2.08. The van der Waals surface area contributed by atoms with Crippen LogP contribution in [0.5, 0.6) is 11.6 Å². The molecule has 0 fully saturated rings. The second-order valence-electron chi connectivity index (χ2n) is 5.30. The molecule has 1 aromatic carbocycles. The van der Waals surface area contributed by atoms with E-state index in [4.69, 9.17) is 14.9 Å². The molecule has 0 aliphatic rings. The van der Waals surface area contributed by atoms with Gasteiger partial charge in [-0.25, -0.2) is 4.98 Å². The van der Waals surface area contributed by atoms with Gasteiger partial charge in [0.15, 0.2) is 5.84 Å². The molecular formula is C20H18N4O2. The van der Waals surface area contributed by atoms with Gasteiger partial charge in [-0.1, -0.05) is 36.9 Å². The average Bonchev–Trinajstić information content (AvgIpc) is 3.17. The molecule has 3 aromatic rings. The smallest absolute Gasteiger partial charge is 0.245 e. The zero-order chi connectivity index (χ0) is 18.4. The van der Waals surface area contributed by atoms with Gasteiger partial charge in [-0.05, 0) is 29.8 Å². The number of ether oxygens (including phenoxy) is 2. The van der Waals surface area contributed by atoms with Gasteiger partial charge in [-0.15, -0.1) is 0 Å². The summed E-state index contributed by atoms with van der Waals surface area (Å²) in [5.41, 5.74) is 1.92. The third-order valence-corrected chi connectivity index (χ3v) is 3.52. The Kier molecular flexibility index (Phi) is 5.24. The van der Waals surface area contributed by atoms with Crippen molar-refractivity contribution in [1.29, 1.82) is 5.41 Å². The van der Waals surface area contributed by atoms with Crippen molar-refractivity contribution in [2.24, 2.45) is 4.99 Å². The van der Waals surface area contributed by atoms with Crippen molar-refractivity contribution in [1.82, 2.24) is 9.97 Å². The van der Waals surface area contributed by atoms with Crippen LogP contribution in [-0.2, 0) is 0 Å². The second kappa shape index (κ2) is 7.94. The van der Waals surface area contributed by atoms with Crippen LogP contribution in [0.3, 0.4) is 0 Å². The number of hydrogen-bond acceptors (Lipinski definition) is 4. The Morgan fingerprint density at radius 3 is 2.69 bits per heavy atom. The van der Waals surface area contributed by atoms with Gasteiger partial charge in [0, 0.05) is 12.3 Å². The summed E-state index contributed by atoms with van der Waals surface area (Å²) < 4.78 is 11.0. The molecule has 0 unspecified atom stereocenters. The Morgan fingerprint density at radius 1 is 1.19 bits per heavy atom. The van der Waals surface area contributed by atoms with E-state index in [0.717, 1.165) is 5.56 Å². The molecule has 0 saturated heterocycles. The van der Waals surface area contributed by atoms with Crippen LogP contribution in [0.4, 0.5) is 0 Å². The molecule has 0 radical (unpaired) electrons. The van der Waals surface area contributed by atoms with Crippen LogP contribution in [0.2, 0.25) is 0 Å². The maximum absolute atomic E-state index is 8.28. The number of aliphatic imine (C=N–C) groups is 1. The first-order valence-electron chi connectivity index (χ1n) is 7.92. The monoisotopic (exact) mass is 346 g/mol. The van der Waals surface area contributed by atoms with Gasteiger partial charge in [0.05, 0.1) is 7.11 Å². The lowest BCUT2D eigenvalue weighted by atomic mass is 10.3. The van der Waals surface area contributed by atoms with E-state index in [9.17, 15) is 0 Å². The standard InChI is InChI=1S/C20H18N4O2/c1-3-14-12-17(22-13-14)20(26-15-8-5-4-6-9-15)24-19(21)16-10-7-11-18(23-16)25-2/h3-13,21-22H,1H2,2H3.